The second-order valence-corrected chi connectivity index (χ2v) is 5.13. The van der Waals surface area contributed by atoms with Crippen LogP contribution in [0.25, 0.3) is 0 Å². The van der Waals surface area contributed by atoms with Crippen molar-refractivity contribution < 1.29 is 30.0 Å². The highest BCUT2D eigenvalue weighted by molar-refractivity contribution is 6.01. The molecule has 120 valence electrons. The van der Waals surface area contributed by atoms with Gasteiger partial charge in [0, 0.05) is 19.4 Å². The van der Waals surface area contributed by atoms with E-state index in [4.69, 9.17) is 9.84 Å². The Kier molecular flexibility index (Phi) is 6.13. The van der Waals surface area contributed by atoms with Crippen molar-refractivity contribution in [3.63, 3.8) is 0 Å². The number of carbonyl (C=O) groups is 1. The maximum Gasteiger partial charge on any atom is 0.325 e. The third kappa shape index (κ3) is 5.00. The van der Waals surface area contributed by atoms with Gasteiger partial charge in [0.2, 0.25) is 0 Å². The number of nitrogens with zero attached hydrogens (tertiary/aromatic N) is 1. The van der Waals surface area contributed by atoms with Crippen LogP contribution in [0.2, 0.25) is 0 Å². The van der Waals surface area contributed by atoms with E-state index in [1.54, 1.807) is 6.92 Å². The van der Waals surface area contributed by atoms with E-state index >= 15 is 0 Å². The van der Waals surface area contributed by atoms with E-state index in [2.05, 4.69) is 10.3 Å². The topological polar surface area (TPSA) is 132 Å². The van der Waals surface area contributed by atoms with Crippen LogP contribution in [0, 0.1) is 0 Å². The third-order valence-electron chi connectivity index (χ3n) is 3.05. The normalized spacial score (nSPS) is 25.9. The molecule has 0 heterocycles. The minimum Gasteiger partial charge on any atom is -0.493 e. The van der Waals surface area contributed by atoms with Crippen molar-refractivity contribution >= 4 is 11.7 Å². The Morgan fingerprint density at radius 2 is 2.19 bits per heavy atom. The molecule has 1 aliphatic rings. The number of aliphatic hydroxyl groups is 3. The average molecular weight is 302 g/mol. The molecule has 0 radical (unpaired) electrons. The molecule has 0 aromatic rings. The van der Waals surface area contributed by atoms with Gasteiger partial charge in [-0.3, -0.25) is 9.79 Å². The zero-order valence-electron chi connectivity index (χ0n) is 12.2. The van der Waals surface area contributed by atoms with E-state index in [0.29, 0.717) is 11.5 Å². The van der Waals surface area contributed by atoms with Gasteiger partial charge in [-0.15, -0.1) is 0 Å². The largest absolute Gasteiger partial charge is 0.493 e. The number of aliphatic hydroxyl groups excluding tert-OH is 2. The summed E-state index contributed by atoms with van der Waals surface area (Å²) in [5.41, 5.74) is -0.679. The van der Waals surface area contributed by atoms with Crippen LogP contribution in [-0.4, -0.2) is 70.6 Å². The van der Waals surface area contributed by atoms with Crippen molar-refractivity contribution in [1.82, 2.24) is 5.32 Å². The predicted molar refractivity (Wildman–Crippen MR) is 74.9 cm³/mol. The lowest BCUT2D eigenvalue weighted by Crippen LogP contribution is -2.44. The zero-order valence-corrected chi connectivity index (χ0v) is 12.2. The first-order valence-electron chi connectivity index (χ1n) is 6.59. The standard InChI is InChI=1S/C13H22N2O6/c1-8(17)5-14-9-3-13(20,7-16)4-10(12(9)21-2)15-6-11(18)19/h8,14,16-17,20H,3-7H2,1-2H3,(H,18,19). The molecule has 0 fully saturated rings. The lowest BCUT2D eigenvalue weighted by atomic mass is 9.85. The van der Waals surface area contributed by atoms with E-state index in [9.17, 15) is 20.1 Å². The predicted octanol–water partition coefficient (Wildman–Crippen LogP) is -1.14. The van der Waals surface area contributed by atoms with Gasteiger partial charge in [-0.25, -0.2) is 0 Å². The molecule has 0 saturated carbocycles. The van der Waals surface area contributed by atoms with E-state index < -0.39 is 30.8 Å². The monoisotopic (exact) mass is 302 g/mol. The highest BCUT2D eigenvalue weighted by Crippen LogP contribution is 2.30. The highest BCUT2D eigenvalue weighted by atomic mass is 16.5. The number of hydrogen-bond acceptors (Lipinski definition) is 7. The van der Waals surface area contributed by atoms with Gasteiger partial charge in [-0.05, 0) is 6.92 Å². The molecule has 0 saturated heterocycles. The SMILES string of the molecule is COC1=C(NCC(C)O)CC(O)(CO)CC1=NCC(=O)O. The fraction of sp³-hybridized carbons (Fsp3) is 0.692. The number of hydrogen-bond donors (Lipinski definition) is 5. The quantitative estimate of drug-likeness (QED) is 0.401. The van der Waals surface area contributed by atoms with Crippen molar-refractivity contribution in [3.05, 3.63) is 11.5 Å². The van der Waals surface area contributed by atoms with E-state index in [1.165, 1.54) is 7.11 Å². The Morgan fingerprint density at radius 3 is 2.67 bits per heavy atom. The Bertz CT molecular complexity index is 446. The molecule has 1 aliphatic carbocycles. The van der Waals surface area contributed by atoms with Gasteiger partial charge >= 0.3 is 5.97 Å². The van der Waals surface area contributed by atoms with Gasteiger partial charge < -0.3 is 30.5 Å². The molecule has 2 atom stereocenters. The van der Waals surface area contributed by atoms with Gasteiger partial charge in [-0.1, -0.05) is 0 Å². The summed E-state index contributed by atoms with van der Waals surface area (Å²) in [6.45, 7) is 0.889. The minimum absolute atomic E-state index is 0.000187. The van der Waals surface area contributed by atoms with Crippen LogP contribution in [0.1, 0.15) is 19.8 Å². The zero-order chi connectivity index (χ0) is 16.0. The fourth-order valence-electron chi connectivity index (χ4n) is 2.10. The number of ether oxygens (including phenoxy) is 1. The Balaban J connectivity index is 3.10. The number of nitrogens with one attached hydrogen (secondary N) is 1. The number of carboxylic acid groups (broad SMARTS) is 1. The average Bonchev–Trinajstić information content (AvgIpc) is 2.42. The first-order chi connectivity index (χ1) is 9.81. The summed E-state index contributed by atoms with van der Waals surface area (Å²) in [6, 6.07) is 0. The van der Waals surface area contributed by atoms with Gasteiger partial charge in [0.1, 0.15) is 6.54 Å². The molecule has 0 aromatic carbocycles. The molecule has 0 spiro atoms. The van der Waals surface area contributed by atoms with Gasteiger partial charge in [0.15, 0.2) is 5.76 Å². The van der Waals surface area contributed by atoms with Crippen LogP contribution in [0.15, 0.2) is 16.4 Å². The van der Waals surface area contributed by atoms with Crippen molar-refractivity contribution in [2.75, 3.05) is 26.8 Å². The highest BCUT2D eigenvalue weighted by Gasteiger charge is 2.37. The summed E-state index contributed by atoms with van der Waals surface area (Å²) in [7, 11) is 1.42. The number of allylic oxidation sites excluding steroid dienone is 1. The van der Waals surface area contributed by atoms with Crippen molar-refractivity contribution in [3.8, 4) is 0 Å². The first-order valence-corrected chi connectivity index (χ1v) is 6.59. The Hall–Kier alpha value is -1.64. The molecule has 1 rings (SSSR count). The molecule has 2 unspecified atom stereocenters. The molecule has 8 heteroatoms. The molecule has 21 heavy (non-hydrogen) atoms. The van der Waals surface area contributed by atoms with Crippen LogP contribution < -0.4 is 5.32 Å². The molecule has 0 aliphatic heterocycles. The number of rotatable bonds is 7. The lowest BCUT2D eigenvalue weighted by Gasteiger charge is -2.34. The second kappa shape index (κ2) is 7.39. The smallest absolute Gasteiger partial charge is 0.325 e. The van der Waals surface area contributed by atoms with E-state index in [-0.39, 0.29) is 25.1 Å². The van der Waals surface area contributed by atoms with Crippen molar-refractivity contribution in [2.45, 2.75) is 31.5 Å². The molecular formula is C13H22N2O6. The fourth-order valence-corrected chi connectivity index (χ4v) is 2.10. The maximum atomic E-state index is 10.6. The molecule has 5 N–H and O–H groups in total. The molecule has 8 nitrogen and oxygen atoms in total. The van der Waals surface area contributed by atoms with Crippen LogP contribution in [0.3, 0.4) is 0 Å². The summed E-state index contributed by atoms with van der Waals surface area (Å²) in [6.07, 6.45) is -0.509. The van der Waals surface area contributed by atoms with Gasteiger partial charge in [0.05, 0.1) is 36.8 Å². The molecule has 0 bridgehead atoms. The number of carboxylic acids is 1. The number of aliphatic carboxylic acids is 1. The summed E-state index contributed by atoms with van der Waals surface area (Å²) < 4.78 is 5.24. The summed E-state index contributed by atoms with van der Waals surface area (Å²) in [5, 5.41) is 40.6. The summed E-state index contributed by atoms with van der Waals surface area (Å²) in [4.78, 5) is 14.6. The van der Waals surface area contributed by atoms with Crippen molar-refractivity contribution in [2.24, 2.45) is 4.99 Å². The Labute approximate surface area is 122 Å². The van der Waals surface area contributed by atoms with Gasteiger partial charge in [-0.2, -0.15) is 0 Å². The lowest BCUT2D eigenvalue weighted by molar-refractivity contribution is -0.135. The number of methoxy groups -OCH3 is 1. The second-order valence-electron chi connectivity index (χ2n) is 5.13. The minimum atomic E-state index is -1.43. The van der Waals surface area contributed by atoms with Crippen LogP contribution in [0.5, 0.6) is 0 Å². The van der Waals surface area contributed by atoms with Gasteiger partial charge in [0.25, 0.3) is 0 Å². The maximum absolute atomic E-state index is 10.6. The van der Waals surface area contributed by atoms with Crippen LogP contribution in [-0.2, 0) is 9.53 Å². The first kappa shape index (κ1) is 17.4. The Morgan fingerprint density at radius 1 is 1.52 bits per heavy atom. The summed E-state index contributed by atoms with van der Waals surface area (Å²) in [5.74, 6) is -0.760. The van der Waals surface area contributed by atoms with E-state index in [1.807, 2.05) is 0 Å². The third-order valence-corrected chi connectivity index (χ3v) is 3.05. The molecule has 0 amide bonds. The van der Waals surface area contributed by atoms with E-state index in [0.717, 1.165) is 0 Å². The van der Waals surface area contributed by atoms with Crippen molar-refractivity contribution in [1.29, 1.82) is 0 Å². The summed E-state index contributed by atoms with van der Waals surface area (Å²) >= 11 is 0. The molecule has 0 aromatic heterocycles. The van der Waals surface area contributed by atoms with Crippen LogP contribution >= 0.6 is 0 Å². The number of aliphatic imine (C=N–C) groups is 1. The molecular weight excluding hydrogens is 280 g/mol. The van der Waals surface area contributed by atoms with Crippen LogP contribution in [0.4, 0.5) is 0 Å².